The molecule has 0 spiro atoms. The van der Waals surface area contributed by atoms with E-state index in [9.17, 15) is 9.59 Å². The lowest BCUT2D eigenvalue weighted by Crippen LogP contribution is -2.29. The third-order valence-electron chi connectivity index (χ3n) is 6.15. The molecule has 164 valence electrons. The van der Waals surface area contributed by atoms with E-state index in [2.05, 4.69) is 60.7 Å². The zero-order valence-corrected chi connectivity index (χ0v) is 19.0. The van der Waals surface area contributed by atoms with Crippen LogP contribution in [0.4, 0.5) is 0 Å². The van der Waals surface area contributed by atoms with Crippen molar-refractivity contribution in [3.05, 3.63) is 72.3 Å². The van der Waals surface area contributed by atoms with Crippen molar-refractivity contribution < 1.29 is 19.1 Å². The van der Waals surface area contributed by atoms with Crippen molar-refractivity contribution in [2.24, 2.45) is 5.92 Å². The lowest BCUT2D eigenvalue weighted by Gasteiger charge is -2.26. The maximum atomic E-state index is 12.3. The summed E-state index contributed by atoms with van der Waals surface area (Å²) in [6.45, 7) is 6.99. The topological polar surface area (TPSA) is 52.6 Å². The molecule has 0 radical (unpaired) electrons. The Bertz CT molecular complexity index is 1320. The minimum atomic E-state index is -0.855. The molecule has 0 amide bonds. The number of hydrogen-bond acceptors (Lipinski definition) is 4. The Kier molecular flexibility index (Phi) is 5.88. The van der Waals surface area contributed by atoms with Crippen LogP contribution in [0.3, 0.4) is 0 Å². The van der Waals surface area contributed by atoms with Crippen LogP contribution in [-0.4, -0.2) is 18.5 Å². The maximum Gasteiger partial charge on any atom is 0.345 e. The fourth-order valence-electron chi connectivity index (χ4n) is 4.02. The second kappa shape index (κ2) is 8.62. The first-order chi connectivity index (χ1) is 15.3. The second-order valence-corrected chi connectivity index (χ2v) is 8.78. The van der Waals surface area contributed by atoms with Gasteiger partial charge in [0.15, 0.2) is 6.61 Å². The molecule has 32 heavy (non-hydrogen) atoms. The molecule has 0 aliphatic rings. The Morgan fingerprint density at radius 1 is 0.844 bits per heavy atom. The Morgan fingerprint density at radius 3 is 2.19 bits per heavy atom. The van der Waals surface area contributed by atoms with Gasteiger partial charge in [-0.25, -0.2) is 4.79 Å². The molecule has 1 unspecified atom stereocenters. The molecule has 4 nitrogen and oxygen atoms in total. The Hall–Kier alpha value is -3.40. The van der Waals surface area contributed by atoms with Crippen molar-refractivity contribution in [2.45, 2.75) is 39.7 Å². The van der Waals surface area contributed by atoms with Crippen LogP contribution in [0.1, 0.15) is 39.7 Å². The number of ether oxygens (including phenoxy) is 2. The molecule has 0 saturated carbocycles. The van der Waals surface area contributed by atoms with Crippen LogP contribution in [0.2, 0.25) is 0 Å². The molecule has 0 bridgehead atoms. The van der Waals surface area contributed by atoms with Crippen LogP contribution >= 0.6 is 0 Å². The van der Waals surface area contributed by atoms with E-state index in [0.717, 1.165) is 16.3 Å². The van der Waals surface area contributed by atoms with Crippen LogP contribution in [-0.2, 0) is 24.7 Å². The number of rotatable bonds is 6. The summed E-state index contributed by atoms with van der Waals surface area (Å²) >= 11 is 0. The lowest BCUT2D eigenvalue weighted by atomic mass is 9.92. The normalized spacial score (nSPS) is 12.8. The number of carbonyl (C=O) groups excluding carboxylic acids is 2. The molecular formula is C28H28O4. The summed E-state index contributed by atoms with van der Waals surface area (Å²) in [6, 6.07) is 23.1. The molecule has 0 aliphatic carbocycles. The molecule has 0 aromatic heterocycles. The van der Waals surface area contributed by atoms with Crippen molar-refractivity contribution in [1.82, 2.24) is 0 Å². The summed E-state index contributed by atoms with van der Waals surface area (Å²) in [5.41, 5.74) is 0.0265. The molecule has 0 aliphatic heterocycles. The first-order valence-electron chi connectivity index (χ1n) is 11.0. The molecule has 0 N–H and O–H groups in total. The first-order valence-corrected chi connectivity index (χ1v) is 11.0. The molecule has 4 rings (SSSR count). The summed E-state index contributed by atoms with van der Waals surface area (Å²) in [7, 11) is 0. The van der Waals surface area contributed by atoms with E-state index in [1.807, 2.05) is 26.8 Å². The second-order valence-electron chi connectivity index (χ2n) is 8.78. The van der Waals surface area contributed by atoms with Crippen molar-refractivity contribution in [2.75, 3.05) is 6.61 Å². The van der Waals surface area contributed by atoms with Gasteiger partial charge < -0.3 is 9.47 Å². The summed E-state index contributed by atoms with van der Waals surface area (Å²) in [5.74, 6) is -1.17. The summed E-state index contributed by atoms with van der Waals surface area (Å²) < 4.78 is 10.7. The first kappa shape index (κ1) is 21.8. The van der Waals surface area contributed by atoms with Gasteiger partial charge in [-0.15, -0.1) is 0 Å². The molecule has 4 aromatic rings. The third kappa shape index (κ3) is 4.18. The van der Waals surface area contributed by atoms with Crippen molar-refractivity contribution in [3.63, 3.8) is 0 Å². The van der Waals surface area contributed by atoms with E-state index in [0.29, 0.717) is 6.42 Å². The Balaban J connectivity index is 1.60. The van der Waals surface area contributed by atoms with Gasteiger partial charge in [-0.2, -0.15) is 0 Å². The fourth-order valence-corrected chi connectivity index (χ4v) is 4.02. The van der Waals surface area contributed by atoms with Gasteiger partial charge in [0.1, 0.15) is 5.60 Å². The van der Waals surface area contributed by atoms with Crippen molar-refractivity contribution >= 4 is 44.3 Å². The van der Waals surface area contributed by atoms with Crippen LogP contribution in [0, 0.1) is 5.92 Å². The highest BCUT2D eigenvalue weighted by molar-refractivity contribution is 6.17. The van der Waals surface area contributed by atoms with Gasteiger partial charge >= 0.3 is 11.9 Å². The van der Waals surface area contributed by atoms with Crippen LogP contribution in [0.15, 0.2) is 66.7 Å². The smallest absolute Gasteiger partial charge is 0.345 e. The monoisotopic (exact) mass is 428 g/mol. The van der Waals surface area contributed by atoms with Gasteiger partial charge in [-0.05, 0) is 64.2 Å². The Labute approximate surface area is 188 Å². The zero-order valence-electron chi connectivity index (χ0n) is 19.0. The molecule has 0 saturated heterocycles. The molecule has 1 atom stereocenters. The highest BCUT2D eigenvalue weighted by Crippen LogP contribution is 2.34. The average Bonchev–Trinajstić information content (AvgIpc) is 2.80. The quantitative estimate of drug-likeness (QED) is 0.259. The van der Waals surface area contributed by atoms with E-state index >= 15 is 0 Å². The van der Waals surface area contributed by atoms with E-state index in [1.165, 1.54) is 21.5 Å². The molecule has 4 aromatic carbocycles. The maximum absolute atomic E-state index is 12.3. The van der Waals surface area contributed by atoms with Gasteiger partial charge in [-0.3, -0.25) is 4.79 Å². The lowest BCUT2D eigenvalue weighted by molar-refractivity contribution is -0.169. The predicted octanol–water partition coefficient (Wildman–Crippen LogP) is 6.51. The molecule has 0 heterocycles. The fraction of sp³-hybridized carbons (Fsp3) is 0.286. The predicted molar refractivity (Wildman–Crippen MR) is 128 cm³/mol. The van der Waals surface area contributed by atoms with Crippen LogP contribution in [0.25, 0.3) is 32.3 Å². The van der Waals surface area contributed by atoms with E-state index in [4.69, 9.17) is 9.47 Å². The highest BCUT2D eigenvalue weighted by atomic mass is 16.6. The van der Waals surface area contributed by atoms with Crippen LogP contribution in [0.5, 0.6) is 0 Å². The standard InChI is InChI=1S/C28H28O4/c1-5-18(2)27(30)31-17-26(29)32-28(3,4)21-12-15-23-20(16-21)11-14-24-22-9-7-6-8-19(22)10-13-25(23)24/h6-16,18H,5,17H2,1-4H3. The van der Waals surface area contributed by atoms with Gasteiger partial charge in [0.2, 0.25) is 0 Å². The molecular weight excluding hydrogens is 400 g/mol. The minimum Gasteiger partial charge on any atom is -0.453 e. The van der Waals surface area contributed by atoms with Gasteiger partial charge in [0.05, 0.1) is 5.92 Å². The largest absolute Gasteiger partial charge is 0.453 e. The number of benzene rings is 4. The third-order valence-corrected chi connectivity index (χ3v) is 6.15. The number of fused-ring (bicyclic) bond motifs is 5. The van der Waals surface area contributed by atoms with E-state index in [-0.39, 0.29) is 18.5 Å². The van der Waals surface area contributed by atoms with Gasteiger partial charge in [0.25, 0.3) is 0 Å². The number of hydrogen-bond donors (Lipinski definition) is 0. The molecule has 0 fully saturated rings. The van der Waals surface area contributed by atoms with Crippen molar-refractivity contribution in [3.8, 4) is 0 Å². The average molecular weight is 429 g/mol. The molecule has 4 heteroatoms. The van der Waals surface area contributed by atoms with Crippen LogP contribution < -0.4 is 0 Å². The van der Waals surface area contributed by atoms with E-state index < -0.39 is 11.6 Å². The van der Waals surface area contributed by atoms with E-state index in [1.54, 1.807) is 6.92 Å². The minimum absolute atomic E-state index is 0.233. The highest BCUT2D eigenvalue weighted by Gasteiger charge is 2.27. The summed E-state index contributed by atoms with van der Waals surface area (Å²) in [4.78, 5) is 24.1. The van der Waals surface area contributed by atoms with Crippen molar-refractivity contribution in [1.29, 1.82) is 0 Å². The zero-order chi connectivity index (χ0) is 22.9. The van der Waals surface area contributed by atoms with Gasteiger partial charge in [0, 0.05) is 0 Å². The number of esters is 2. The SMILES string of the molecule is CCC(C)C(=O)OCC(=O)OC(C)(C)c1ccc2c(ccc3c4ccccc4ccc23)c1. The van der Waals surface area contributed by atoms with Gasteiger partial charge in [-0.1, -0.05) is 74.5 Å². The number of carbonyl (C=O) groups is 2. The summed E-state index contributed by atoms with van der Waals surface area (Å²) in [6.07, 6.45) is 0.668. The summed E-state index contributed by atoms with van der Waals surface area (Å²) in [5, 5.41) is 7.10. The Morgan fingerprint density at radius 2 is 1.47 bits per heavy atom.